The summed E-state index contributed by atoms with van der Waals surface area (Å²) in [6.07, 6.45) is 7.18. The number of anilines is 1. The van der Waals surface area contributed by atoms with Crippen molar-refractivity contribution in [2.75, 3.05) is 11.9 Å². The molecule has 0 saturated heterocycles. The van der Waals surface area contributed by atoms with Crippen molar-refractivity contribution in [3.05, 3.63) is 53.2 Å². The van der Waals surface area contributed by atoms with Gasteiger partial charge in [-0.15, -0.1) is 11.3 Å². The number of hydrogen-bond donors (Lipinski definition) is 1. The van der Waals surface area contributed by atoms with Crippen molar-refractivity contribution in [3.8, 4) is 0 Å². The van der Waals surface area contributed by atoms with Crippen LogP contribution in [0.3, 0.4) is 0 Å². The molecular formula is C24H25N3O4S. The lowest BCUT2D eigenvalue weighted by atomic mass is 9.86. The second-order valence-electron chi connectivity index (χ2n) is 7.97. The fourth-order valence-electron chi connectivity index (χ4n) is 4.21. The Balaban J connectivity index is 1.55. The fraction of sp³-hybridized carbons (Fsp3) is 0.375. The normalized spacial score (nSPS) is 14.9. The molecular weight excluding hydrogens is 426 g/mol. The zero-order valence-electron chi connectivity index (χ0n) is 17.9. The minimum Gasteiger partial charge on any atom is -0.460 e. The summed E-state index contributed by atoms with van der Waals surface area (Å²) in [6.45, 7) is 1.74. The molecule has 1 saturated carbocycles. The minimum absolute atomic E-state index is 0.0205. The molecule has 0 radical (unpaired) electrons. The molecule has 8 heteroatoms. The summed E-state index contributed by atoms with van der Waals surface area (Å²) in [7, 11) is 0. The Morgan fingerprint density at radius 3 is 2.81 bits per heavy atom. The van der Waals surface area contributed by atoms with Gasteiger partial charge in [0, 0.05) is 17.0 Å². The van der Waals surface area contributed by atoms with Gasteiger partial charge in [-0.05, 0) is 43.0 Å². The van der Waals surface area contributed by atoms with Crippen LogP contribution in [0.5, 0.6) is 0 Å². The van der Waals surface area contributed by atoms with Crippen LogP contribution in [0.15, 0.2) is 41.9 Å². The van der Waals surface area contributed by atoms with Crippen molar-refractivity contribution < 1.29 is 19.1 Å². The SMILES string of the molecule is CCOC(=O)C(=O)c1csc(NC(=O)C(CC2CCCC2)c2ccc3ncccc3c2)n1. The van der Waals surface area contributed by atoms with Crippen LogP contribution in [0.25, 0.3) is 10.9 Å². The number of hydrogen-bond acceptors (Lipinski definition) is 7. The van der Waals surface area contributed by atoms with Crippen LogP contribution < -0.4 is 5.32 Å². The highest BCUT2D eigenvalue weighted by molar-refractivity contribution is 7.14. The van der Waals surface area contributed by atoms with Crippen molar-refractivity contribution in [2.24, 2.45) is 5.92 Å². The maximum atomic E-state index is 13.3. The molecule has 1 fully saturated rings. The first-order chi connectivity index (χ1) is 15.5. The number of pyridine rings is 1. The predicted octanol–water partition coefficient (Wildman–Crippen LogP) is 4.74. The Kier molecular flexibility index (Phi) is 6.90. The Bertz CT molecular complexity index is 1140. The largest absolute Gasteiger partial charge is 0.460 e. The van der Waals surface area contributed by atoms with Gasteiger partial charge in [-0.25, -0.2) is 9.78 Å². The highest BCUT2D eigenvalue weighted by atomic mass is 32.1. The van der Waals surface area contributed by atoms with Gasteiger partial charge in [0.1, 0.15) is 5.69 Å². The van der Waals surface area contributed by atoms with Crippen LogP contribution in [0.1, 0.15) is 61.0 Å². The molecule has 2 heterocycles. The third kappa shape index (κ3) is 5.02. The number of nitrogens with one attached hydrogen (secondary N) is 1. The summed E-state index contributed by atoms with van der Waals surface area (Å²) in [5.74, 6) is -1.75. The number of aromatic nitrogens is 2. The van der Waals surface area contributed by atoms with E-state index in [9.17, 15) is 14.4 Å². The number of benzene rings is 1. The minimum atomic E-state index is -0.945. The van der Waals surface area contributed by atoms with E-state index in [0.717, 1.165) is 47.1 Å². The highest BCUT2D eigenvalue weighted by Gasteiger charge is 2.28. The van der Waals surface area contributed by atoms with Gasteiger partial charge < -0.3 is 10.1 Å². The summed E-state index contributed by atoms with van der Waals surface area (Å²) >= 11 is 1.12. The molecule has 4 rings (SSSR count). The lowest BCUT2D eigenvalue weighted by Crippen LogP contribution is -2.23. The molecule has 1 amide bonds. The number of esters is 1. The summed E-state index contributed by atoms with van der Waals surface area (Å²) in [6, 6.07) is 9.81. The summed E-state index contributed by atoms with van der Waals surface area (Å²) in [4.78, 5) is 45.6. The fourth-order valence-corrected chi connectivity index (χ4v) is 4.91. The van der Waals surface area contributed by atoms with Crippen LogP contribution in [0, 0.1) is 5.92 Å². The number of amides is 1. The topological polar surface area (TPSA) is 98.2 Å². The van der Waals surface area contributed by atoms with E-state index >= 15 is 0 Å². The number of ether oxygens (including phenoxy) is 1. The molecule has 7 nitrogen and oxygen atoms in total. The quantitative estimate of drug-likeness (QED) is 0.302. The van der Waals surface area contributed by atoms with E-state index in [0.29, 0.717) is 11.0 Å². The maximum Gasteiger partial charge on any atom is 0.381 e. The number of fused-ring (bicyclic) bond motifs is 1. The van der Waals surface area contributed by atoms with Crippen molar-refractivity contribution in [1.29, 1.82) is 0 Å². The number of nitrogens with zero attached hydrogens (tertiary/aromatic N) is 2. The van der Waals surface area contributed by atoms with Gasteiger partial charge in [0.05, 0.1) is 18.0 Å². The average Bonchev–Trinajstić information content (AvgIpc) is 3.49. The number of carbonyl (C=O) groups is 3. The van der Waals surface area contributed by atoms with E-state index in [1.165, 1.54) is 18.2 Å². The molecule has 0 bridgehead atoms. The molecule has 3 aromatic rings. The van der Waals surface area contributed by atoms with Crippen molar-refractivity contribution in [2.45, 2.75) is 44.9 Å². The van der Waals surface area contributed by atoms with E-state index < -0.39 is 11.8 Å². The molecule has 0 aliphatic heterocycles. The monoisotopic (exact) mass is 451 g/mol. The number of thiazole rings is 1. The van der Waals surface area contributed by atoms with Crippen molar-refractivity contribution >= 4 is 45.0 Å². The van der Waals surface area contributed by atoms with Gasteiger partial charge in [0.25, 0.3) is 5.78 Å². The van der Waals surface area contributed by atoms with E-state index in [4.69, 9.17) is 4.74 Å². The first kappa shape index (κ1) is 22.1. The molecule has 1 aromatic carbocycles. The summed E-state index contributed by atoms with van der Waals surface area (Å²) in [5, 5.41) is 5.60. The molecule has 0 spiro atoms. The van der Waals surface area contributed by atoms with Crippen LogP contribution in [0.2, 0.25) is 0 Å². The standard InChI is InChI=1S/C24H25N3O4S/c1-2-31-23(30)21(28)20-14-32-24(26-20)27-22(29)18(12-15-6-3-4-7-15)16-9-10-19-17(13-16)8-5-11-25-19/h5,8-11,13-15,18H,2-4,6-7,12H2,1H3,(H,26,27,29). The smallest absolute Gasteiger partial charge is 0.381 e. The van der Waals surface area contributed by atoms with Gasteiger partial charge in [-0.1, -0.05) is 37.8 Å². The van der Waals surface area contributed by atoms with Crippen LogP contribution in [-0.2, 0) is 14.3 Å². The third-order valence-corrected chi connectivity index (χ3v) is 6.58. The molecule has 1 aliphatic rings. The number of Topliss-reactive ketones (excluding diaryl/α,β-unsaturated/α-hetero) is 1. The molecule has 1 atom stereocenters. The third-order valence-electron chi connectivity index (χ3n) is 5.82. The lowest BCUT2D eigenvalue weighted by molar-refractivity contribution is -0.137. The van der Waals surface area contributed by atoms with Crippen LogP contribution in [0.4, 0.5) is 5.13 Å². The first-order valence-electron chi connectivity index (χ1n) is 10.9. The Hall–Kier alpha value is -3.13. The van der Waals surface area contributed by atoms with E-state index in [1.807, 2.05) is 30.3 Å². The van der Waals surface area contributed by atoms with Crippen LogP contribution in [-0.4, -0.2) is 34.2 Å². The second kappa shape index (κ2) is 9.99. The molecule has 1 aliphatic carbocycles. The average molecular weight is 452 g/mol. The summed E-state index contributed by atoms with van der Waals surface area (Å²) < 4.78 is 4.74. The summed E-state index contributed by atoms with van der Waals surface area (Å²) in [5.41, 5.74) is 1.81. The molecule has 1 N–H and O–H groups in total. The maximum absolute atomic E-state index is 13.3. The number of rotatable bonds is 8. The Morgan fingerprint density at radius 1 is 1.22 bits per heavy atom. The van der Waals surface area contributed by atoms with Gasteiger partial charge in [0.15, 0.2) is 5.13 Å². The zero-order chi connectivity index (χ0) is 22.5. The Labute approximate surface area is 190 Å². The molecule has 166 valence electrons. The predicted molar refractivity (Wildman–Crippen MR) is 123 cm³/mol. The zero-order valence-corrected chi connectivity index (χ0v) is 18.7. The molecule has 1 unspecified atom stereocenters. The van der Waals surface area contributed by atoms with Gasteiger partial charge in [-0.3, -0.25) is 14.6 Å². The van der Waals surface area contributed by atoms with E-state index in [1.54, 1.807) is 13.1 Å². The Morgan fingerprint density at radius 2 is 2.03 bits per heavy atom. The second-order valence-corrected chi connectivity index (χ2v) is 8.83. The van der Waals surface area contributed by atoms with Gasteiger partial charge in [-0.2, -0.15) is 0 Å². The number of ketones is 1. The van der Waals surface area contributed by atoms with Crippen molar-refractivity contribution in [1.82, 2.24) is 9.97 Å². The van der Waals surface area contributed by atoms with Gasteiger partial charge >= 0.3 is 5.97 Å². The van der Waals surface area contributed by atoms with E-state index in [-0.39, 0.29) is 24.1 Å². The van der Waals surface area contributed by atoms with Crippen LogP contribution >= 0.6 is 11.3 Å². The lowest BCUT2D eigenvalue weighted by Gasteiger charge is -2.20. The van der Waals surface area contributed by atoms with Crippen molar-refractivity contribution in [3.63, 3.8) is 0 Å². The molecule has 32 heavy (non-hydrogen) atoms. The highest BCUT2D eigenvalue weighted by Crippen LogP contribution is 2.35. The molecule has 2 aromatic heterocycles. The number of carbonyl (C=O) groups excluding carboxylic acids is 3. The first-order valence-corrected chi connectivity index (χ1v) is 11.8. The van der Waals surface area contributed by atoms with Gasteiger partial charge in [0.2, 0.25) is 5.91 Å². The van der Waals surface area contributed by atoms with E-state index in [2.05, 4.69) is 15.3 Å².